The predicted octanol–water partition coefficient (Wildman–Crippen LogP) is 3.50. The molecular weight excluding hydrogens is 258 g/mol. The normalized spacial score (nSPS) is 11.4. The molecule has 0 aliphatic rings. The van der Waals surface area contributed by atoms with Crippen molar-refractivity contribution in [2.24, 2.45) is 0 Å². The first-order valence-electron chi connectivity index (χ1n) is 5.81. The van der Waals surface area contributed by atoms with Crippen LogP contribution in [0.1, 0.15) is 16.3 Å². The number of carboxylic acids is 1. The molecule has 96 valence electrons. The molecule has 1 N–H and O–H groups in total. The SMILES string of the molecule is O=C(O)/C=C/c1csc(CC=Cc2ccccc2)n1. The molecule has 0 aliphatic carbocycles. The first kappa shape index (κ1) is 13.2. The van der Waals surface area contributed by atoms with Gasteiger partial charge < -0.3 is 5.11 Å². The molecule has 2 aromatic rings. The van der Waals surface area contributed by atoms with Crippen LogP contribution < -0.4 is 0 Å². The van der Waals surface area contributed by atoms with Crippen molar-refractivity contribution >= 4 is 29.5 Å². The number of rotatable bonds is 5. The molecule has 0 amide bonds. The molecule has 0 fully saturated rings. The van der Waals surface area contributed by atoms with Crippen LogP contribution >= 0.6 is 11.3 Å². The number of aliphatic carboxylic acids is 1. The van der Waals surface area contributed by atoms with Gasteiger partial charge in [0.25, 0.3) is 0 Å². The fraction of sp³-hybridized carbons (Fsp3) is 0.0667. The Morgan fingerprint density at radius 2 is 2.05 bits per heavy atom. The zero-order valence-corrected chi connectivity index (χ0v) is 11.0. The molecular formula is C15H13NO2S. The van der Waals surface area contributed by atoms with Crippen molar-refractivity contribution in [2.45, 2.75) is 6.42 Å². The molecule has 1 heterocycles. The van der Waals surface area contributed by atoms with E-state index in [0.29, 0.717) is 5.69 Å². The standard InChI is InChI=1S/C15H13NO2S/c17-15(18)10-9-13-11-19-14(16-13)8-4-7-12-5-2-1-3-6-12/h1-7,9-11H,8H2,(H,17,18)/b7-4?,10-9+. The number of carboxylic acid groups (broad SMARTS) is 1. The molecule has 0 spiro atoms. The summed E-state index contributed by atoms with van der Waals surface area (Å²) in [6.45, 7) is 0. The fourth-order valence-electron chi connectivity index (χ4n) is 1.51. The molecule has 0 unspecified atom stereocenters. The summed E-state index contributed by atoms with van der Waals surface area (Å²) in [5, 5.41) is 11.3. The highest BCUT2D eigenvalue weighted by atomic mass is 32.1. The summed E-state index contributed by atoms with van der Waals surface area (Å²) in [6, 6.07) is 10.1. The Labute approximate surface area is 115 Å². The van der Waals surface area contributed by atoms with E-state index < -0.39 is 5.97 Å². The van der Waals surface area contributed by atoms with Crippen LogP contribution in [0, 0.1) is 0 Å². The van der Waals surface area contributed by atoms with Gasteiger partial charge in [0.05, 0.1) is 10.7 Å². The largest absolute Gasteiger partial charge is 0.478 e. The van der Waals surface area contributed by atoms with Crippen molar-refractivity contribution < 1.29 is 9.90 Å². The second kappa shape index (κ2) is 6.66. The molecule has 4 heteroatoms. The molecule has 1 aromatic heterocycles. The maximum absolute atomic E-state index is 10.4. The lowest BCUT2D eigenvalue weighted by atomic mass is 10.2. The van der Waals surface area contributed by atoms with Gasteiger partial charge in [-0.3, -0.25) is 0 Å². The average Bonchev–Trinajstić information content (AvgIpc) is 2.86. The van der Waals surface area contributed by atoms with E-state index in [1.807, 2.05) is 41.8 Å². The van der Waals surface area contributed by atoms with Crippen LogP contribution in [0.5, 0.6) is 0 Å². The van der Waals surface area contributed by atoms with Gasteiger partial charge in [-0.1, -0.05) is 42.5 Å². The summed E-state index contributed by atoms with van der Waals surface area (Å²) in [4.78, 5) is 14.7. The highest BCUT2D eigenvalue weighted by molar-refractivity contribution is 7.09. The summed E-state index contributed by atoms with van der Waals surface area (Å²) >= 11 is 1.53. The lowest BCUT2D eigenvalue weighted by Gasteiger charge is -1.91. The van der Waals surface area contributed by atoms with E-state index in [2.05, 4.69) is 11.1 Å². The predicted molar refractivity (Wildman–Crippen MR) is 78.0 cm³/mol. The van der Waals surface area contributed by atoms with E-state index in [0.717, 1.165) is 23.1 Å². The number of thiazole rings is 1. The van der Waals surface area contributed by atoms with Crippen LogP contribution in [0.3, 0.4) is 0 Å². The minimum Gasteiger partial charge on any atom is -0.478 e. The van der Waals surface area contributed by atoms with Gasteiger partial charge in [-0.25, -0.2) is 9.78 Å². The van der Waals surface area contributed by atoms with Crippen molar-refractivity contribution in [3.63, 3.8) is 0 Å². The smallest absolute Gasteiger partial charge is 0.328 e. The van der Waals surface area contributed by atoms with E-state index in [-0.39, 0.29) is 0 Å². The number of aromatic nitrogens is 1. The summed E-state index contributed by atoms with van der Waals surface area (Å²) in [6.07, 6.45) is 7.45. The van der Waals surface area contributed by atoms with Gasteiger partial charge in [0.15, 0.2) is 0 Å². The molecule has 0 aliphatic heterocycles. The number of hydrogen-bond acceptors (Lipinski definition) is 3. The van der Waals surface area contributed by atoms with E-state index in [1.54, 1.807) is 0 Å². The number of carbonyl (C=O) groups is 1. The molecule has 0 bridgehead atoms. The highest BCUT2D eigenvalue weighted by Gasteiger charge is 1.98. The summed E-state index contributed by atoms with van der Waals surface area (Å²) in [5.74, 6) is -0.960. The van der Waals surface area contributed by atoms with Gasteiger partial charge in [-0.05, 0) is 11.6 Å². The monoisotopic (exact) mass is 271 g/mol. The van der Waals surface area contributed by atoms with Gasteiger partial charge in [0.1, 0.15) is 0 Å². The quantitative estimate of drug-likeness (QED) is 0.847. The van der Waals surface area contributed by atoms with Crippen LogP contribution in [0.15, 0.2) is 47.9 Å². The third-order valence-corrected chi connectivity index (χ3v) is 3.26. The minimum atomic E-state index is -0.960. The van der Waals surface area contributed by atoms with Crippen molar-refractivity contribution in [3.05, 3.63) is 64.1 Å². The lowest BCUT2D eigenvalue weighted by molar-refractivity contribution is -0.131. The fourth-order valence-corrected chi connectivity index (χ4v) is 2.25. The number of nitrogens with zero attached hydrogens (tertiary/aromatic N) is 1. The zero-order valence-electron chi connectivity index (χ0n) is 10.2. The Morgan fingerprint density at radius 1 is 1.26 bits per heavy atom. The highest BCUT2D eigenvalue weighted by Crippen LogP contribution is 2.13. The molecule has 0 radical (unpaired) electrons. The van der Waals surface area contributed by atoms with Crippen LogP contribution in [0.2, 0.25) is 0 Å². The van der Waals surface area contributed by atoms with Gasteiger partial charge in [-0.2, -0.15) is 0 Å². The van der Waals surface area contributed by atoms with Crippen molar-refractivity contribution in [1.82, 2.24) is 4.98 Å². The van der Waals surface area contributed by atoms with Gasteiger partial charge in [0, 0.05) is 17.9 Å². The Hall–Kier alpha value is -2.20. The van der Waals surface area contributed by atoms with Crippen molar-refractivity contribution in [2.75, 3.05) is 0 Å². The van der Waals surface area contributed by atoms with Gasteiger partial charge in [-0.15, -0.1) is 11.3 Å². The topological polar surface area (TPSA) is 50.2 Å². The van der Waals surface area contributed by atoms with Crippen LogP contribution in [0.4, 0.5) is 0 Å². The van der Waals surface area contributed by atoms with Crippen molar-refractivity contribution in [3.8, 4) is 0 Å². The lowest BCUT2D eigenvalue weighted by Crippen LogP contribution is -1.86. The Bertz CT molecular complexity index is 600. The molecule has 19 heavy (non-hydrogen) atoms. The second-order valence-corrected chi connectivity index (χ2v) is 4.80. The summed E-state index contributed by atoms with van der Waals surface area (Å²) in [7, 11) is 0. The minimum absolute atomic E-state index is 0.690. The van der Waals surface area contributed by atoms with Gasteiger partial charge >= 0.3 is 5.97 Å². The number of allylic oxidation sites excluding steroid dienone is 1. The van der Waals surface area contributed by atoms with Gasteiger partial charge in [0.2, 0.25) is 0 Å². The van der Waals surface area contributed by atoms with Crippen molar-refractivity contribution in [1.29, 1.82) is 0 Å². The maximum atomic E-state index is 10.4. The van der Waals surface area contributed by atoms with Crippen LogP contribution in [-0.2, 0) is 11.2 Å². The Morgan fingerprint density at radius 3 is 2.79 bits per heavy atom. The van der Waals surface area contributed by atoms with E-state index in [1.165, 1.54) is 17.4 Å². The molecule has 1 aromatic carbocycles. The van der Waals surface area contributed by atoms with Crippen LogP contribution in [0.25, 0.3) is 12.2 Å². The maximum Gasteiger partial charge on any atom is 0.328 e. The second-order valence-electron chi connectivity index (χ2n) is 3.85. The molecule has 0 saturated carbocycles. The third kappa shape index (κ3) is 4.52. The first-order chi connectivity index (χ1) is 9.24. The van der Waals surface area contributed by atoms with Crippen LogP contribution in [-0.4, -0.2) is 16.1 Å². The Balaban J connectivity index is 1.94. The molecule has 3 nitrogen and oxygen atoms in total. The number of benzene rings is 1. The van der Waals surface area contributed by atoms with E-state index in [4.69, 9.17) is 5.11 Å². The number of hydrogen-bond donors (Lipinski definition) is 1. The average molecular weight is 271 g/mol. The molecule has 0 atom stereocenters. The molecule has 2 rings (SSSR count). The van der Waals surface area contributed by atoms with E-state index >= 15 is 0 Å². The summed E-state index contributed by atoms with van der Waals surface area (Å²) < 4.78 is 0. The van der Waals surface area contributed by atoms with E-state index in [9.17, 15) is 4.79 Å². The third-order valence-electron chi connectivity index (χ3n) is 2.37. The Kier molecular flexibility index (Phi) is 4.64. The zero-order chi connectivity index (χ0) is 13.5. The first-order valence-corrected chi connectivity index (χ1v) is 6.69. The molecule has 0 saturated heterocycles. The summed E-state index contributed by atoms with van der Waals surface area (Å²) in [5.41, 5.74) is 1.85.